The van der Waals surface area contributed by atoms with E-state index in [0.29, 0.717) is 12.0 Å². The maximum Gasteiger partial charge on any atom is 0.311 e. The number of aromatic hydroxyl groups is 1. The summed E-state index contributed by atoms with van der Waals surface area (Å²) in [6.45, 7) is 7.79. The van der Waals surface area contributed by atoms with E-state index in [1.165, 1.54) is 0 Å². The Morgan fingerprint density at radius 3 is 2.35 bits per heavy atom. The van der Waals surface area contributed by atoms with Gasteiger partial charge in [-0.15, -0.1) is 0 Å². The van der Waals surface area contributed by atoms with Crippen LogP contribution in [-0.4, -0.2) is 16.2 Å². The lowest BCUT2D eigenvalue weighted by molar-refractivity contribution is -0.138. The molecule has 1 aromatic rings. The molecule has 94 valence electrons. The zero-order valence-electron chi connectivity index (χ0n) is 10.8. The fourth-order valence-corrected chi connectivity index (χ4v) is 1.98. The normalized spacial score (nSPS) is 13.4. The van der Waals surface area contributed by atoms with Crippen molar-refractivity contribution in [1.82, 2.24) is 0 Å². The van der Waals surface area contributed by atoms with Crippen LogP contribution in [0.3, 0.4) is 0 Å². The number of carboxylic acids is 1. The lowest BCUT2D eigenvalue weighted by Crippen LogP contribution is -2.15. The summed E-state index contributed by atoms with van der Waals surface area (Å²) < 4.78 is 0. The number of benzene rings is 1. The Balaban J connectivity index is 3.32. The average molecular weight is 236 g/mol. The van der Waals surface area contributed by atoms with Gasteiger partial charge in [-0.05, 0) is 17.4 Å². The molecule has 0 bridgehead atoms. The molecule has 0 heterocycles. The molecule has 17 heavy (non-hydrogen) atoms. The smallest absolute Gasteiger partial charge is 0.311 e. The number of hydrogen-bond acceptors (Lipinski definition) is 2. The van der Waals surface area contributed by atoms with Crippen LogP contribution in [0.25, 0.3) is 0 Å². The third-order valence-corrected chi connectivity index (χ3v) is 2.96. The Morgan fingerprint density at radius 1 is 1.35 bits per heavy atom. The molecule has 1 aromatic carbocycles. The highest BCUT2D eigenvalue weighted by molar-refractivity contribution is 5.77. The first-order chi connectivity index (χ1) is 7.79. The number of aliphatic carboxylic acids is 1. The SMILES string of the molecule is CCC(C(=O)O)c1cccc(C(C)(C)C)c1O. The molecule has 2 N–H and O–H groups in total. The molecule has 0 radical (unpaired) electrons. The van der Waals surface area contributed by atoms with Gasteiger partial charge < -0.3 is 10.2 Å². The number of para-hydroxylation sites is 1. The van der Waals surface area contributed by atoms with Crippen LogP contribution < -0.4 is 0 Å². The van der Waals surface area contributed by atoms with Crippen molar-refractivity contribution in [1.29, 1.82) is 0 Å². The lowest BCUT2D eigenvalue weighted by Gasteiger charge is -2.23. The topological polar surface area (TPSA) is 57.5 Å². The van der Waals surface area contributed by atoms with Gasteiger partial charge >= 0.3 is 5.97 Å². The molecule has 1 rings (SSSR count). The van der Waals surface area contributed by atoms with E-state index in [4.69, 9.17) is 5.11 Å². The molecule has 0 saturated carbocycles. The van der Waals surface area contributed by atoms with Gasteiger partial charge in [0.1, 0.15) is 5.75 Å². The second kappa shape index (κ2) is 4.78. The van der Waals surface area contributed by atoms with Gasteiger partial charge in [-0.3, -0.25) is 4.79 Å². The lowest BCUT2D eigenvalue weighted by atomic mass is 9.83. The summed E-state index contributed by atoms with van der Waals surface area (Å²) in [6, 6.07) is 5.33. The zero-order chi connectivity index (χ0) is 13.2. The molecule has 0 aromatic heterocycles. The molecule has 3 heteroatoms. The summed E-state index contributed by atoms with van der Waals surface area (Å²) in [7, 11) is 0. The van der Waals surface area contributed by atoms with Crippen LogP contribution in [0.1, 0.15) is 51.2 Å². The number of phenolic OH excluding ortho intramolecular Hbond substituents is 1. The summed E-state index contributed by atoms with van der Waals surface area (Å²) in [4.78, 5) is 11.1. The molecular weight excluding hydrogens is 216 g/mol. The van der Waals surface area contributed by atoms with Crippen LogP contribution in [0, 0.1) is 0 Å². The van der Waals surface area contributed by atoms with Crippen molar-refractivity contribution >= 4 is 5.97 Å². The van der Waals surface area contributed by atoms with Crippen molar-refractivity contribution in [3.05, 3.63) is 29.3 Å². The third-order valence-electron chi connectivity index (χ3n) is 2.96. The summed E-state index contributed by atoms with van der Waals surface area (Å²) in [6.07, 6.45) is 0.469. The van der Waals surface area contributed by atoms with Crippen LogP contribution >= 0.6 is 0 Å². The van der Waals surface area contributed by atoms with Crippen LogP contribution in [0.5, 0.6) is 5.75 Å². The number of phenols is 1. The Hall–Kier alpha value is -1.51. The Labute approximate surface area is 102 Å². The highest BCUT2D eigenvalue weighted by Gasteiger charge is 2.25. The van der Waals surface area contributed by atoms with Gasteiger partial charge in [0.2, 0.25) is 0 Å². The summed E-state index contributed by atoms with van der Waals surface area (Å²) in [5.41, 5.74) is 1.10. The van der Waals surface area contributed by atoms with Gasteiger partial charge in [0, 0.05) is 5.56 Å². The molecule has 1 atom stereocenters. The third kappa shape index (κ3) is 2.78. The monoisotopic (exact) mass is 236 g/mol. The minimum Gasteiger partial charge on any atom is -0.507 e. The standard InChI is InChI=1S/C14H20O3/c1-5-9(13(16)17)10-7-6-8-11(12(10)15)14(2,3)4/h6-9,15H,5H2,1-4H3,(H,16,17). The van der Waals surface area contributed by atoms with Gasteiger partial charge in [-0.25, -0.2) is 0 Å². The largest absolute Gasteiger partial charge is 0.507 e. The Kier molecular flexibility index (Phi) is 3.81. The van der Waals surface area contributed by atoms with E-state index in [2.05, 4.69) is 0 Å². The summed E-state index contributed by atoms with van der Waals surface area (Å²) >= 11 is 0. The molecule has 0 spiro atoms. The predicted molar refractivity (Wildman–Crippen MR) is 67.5 cm³/mol. The first-order valence-electron chi connectivity index (χ1n) is 5.84. The number of carbonyl (C=O) groups is 1. The van der Waals surface area contributed by atoms with E-state index < -0.39 is 11.9 Å². The second-order valence-corrected chi connectivity index (χ2v) is 5.29. The minimum atomic E-state index is -0.895. The molecule has 1 unspecified atom stereocenters. The van der Waals surface area contributed by atoms with E-state index in [1.54, 1.807) is 12.1 Å². The molecule has 0 fully saturated rings. The van der Waals surface area contributed by atoms with Crippen molar-refractivity contribution in [2.75, 3.05) is 0 Å². The molecule has 0 amide bonds. The second-order valence-electron chi connectivity index (χ2n) is 5.29. The van der Waals surface area contributed by atoms with Crippen molar-refractivity contribution in [2.45, 2.75) is 45.4 Å². The number of carboxylic acid groups (broad SMARTS) is 1. The minimum absolute atomic E-state index is 0.120. The fraction of sp³-hybridized carbons (Fsp3) is 0.500. The van der Waals surface area contributed by atoms with Crippen LogP contribution in [-0.2, 0) is 10.2 Å². The molecule has 0 aliphatic heterocycles. The maximum atomic E-state index is 11.1. The molecule has 0 aliphatic rings. The number of rotatable bonds is 3. The maximum absolute atomic E-state index is 11.1. The Bertz CT molecular complexity index is 416. The first kappa shape index (κ1) is 13.6. The van der Waals surface area contributed by atoms with Crippen LogP contribution in [0.15, 0.2) is 18.2 Å². The van der Waals surface area contributed by atoms with E-state index >= 15 is 0 Å². The van der Waals surface area contributed by atoms with Crippen molar-refractivity contribution in [3.63, 3.8) is 0 Å². The predicted octanol–water partition coefficient (Wildman–Crippen LogP) is 3.27. The highest BCUT2D eigenvalue weighted by Crippen LogP contribution is 2.37. The van der Waals surface area contributed by atoms with Gasteiger partial charge in [-0.2, -0.15) is 0 Å². The molecular formula is C14H20O3. The van der Waals surface area contributed by atoms with Crippen LogP contribution in [0.4, 0.5) is 0 Å². The van der Waals surface area contributed by atoms with E-state index in [1.807, 2.05) is 33.8 Å². The highest BCUT2D eigenvalue weighted by atomic mass is 16.4. The first-order valence-corrected chi connectivity index (χ1v) is 5.84. The fourth-order valence-electron chi connectivity index (χ4n) is 1.98. The quantitative estimate of drug-likeness (QED) is 0.846. The van der Waals surface area contributed by atoms with Crippen molar-refractivity contribution in [2.24, 2.45) is 0 Å². The van der Waals surface area contributed by atoms with Crippen molar-refractivity contribution < 1.29 is 15.0 Å². The molecule has 0 aliphatic carbocycles. The summed E-state index contributed by atoms with van der Waals surface area (Å²) in [5.74, 6) is -1.42. The van der Waals surface area contributed by atoms with Gasteiger partial charge in [-0.1, -0.05) is 45.9 Å². The Morgan fingerprint density at radius 2 is 1.94 bits per heavy atom. The van der Waals surface area contributed by atoms with Gasteiger partial charge in [0.25, 0.3) is 0 Å². The molecule has 3 nitrogen and oxygen atoms in total. The zero-order valence-corrected chi connectivity index (χ0v) is 10.8. The van der Waals surface area contributed by atoms with Crippen LogP contribution in [0.2, 0.25) is 0 Å². The van der Waals surface area contributed by atoms with E-state index in [-0.39, 0.29) is 11.2 Å². The van der Waals surface area contributed by atoms with Gasteiger partial charge in [0.15, 0.2) is 0 Å². The molecule has 0 saturated heterocycles. The average Bonchev–Trinajstić information content (AvgIpc) is 2.19. The van der Waals surface area contributed by atoms with E-state index in [9.17, 15) is 9.90 Å². The van der Waals surface area contributed by atoms with E-state index in [0.717, 1.165) is 5.56 Å². The summed E-state index contributed by atoms with van der Waals surface area (Å²) in [5, 5.41) is 19.3. The van der Waals surface area contributed by atoms with Crippen molar-refractivity contribution in [3.8, 4) is 5.75 Å². The van der Waals surface area contributed by atoms with Gasteiger partial charge in [0.05, 0.1) is 5.92 Å². The number of hydrogen-bond donors (Lipinski definition) is 2.